The van der Waals surface area contributed by atoms with Gasteiger partial charge in [-0.2, -0.15) is 0 Å². The molecule has 1 aromatic rings. The zero-order valence-corrected chi connectivity index (χ0v) is 11.2. The first kappa shape index (κ1) is 11.7. The summed E-state index contributed by atoms with van der Waals surface area (Å²) in [5, 5.41) is 0. The molecule has 1 heteroatoms. The molecule has 0 aromatic heterocycles. The summed E-state index contributed by atoms with van der Waals surface area (Å²) in [5.74, 6) is 0.601. The molecule has 1 atom stereocenters. The maximum absolute atomic E-state index is 3.67. The maximum Gasteiger partial charge on any atom is 0.0213 e. The van der Waals surface area contributed by atoms with Gasteiger partial charge in [0.25, 0.3) is 0 Å². The molecule has 0 spiro atoms. The van der Waals surface area contributed by atoms with Gasteiger partial charge in [-0.25, -0.2) is 0 Å². The minimum Gasteiger partial charge on any atom is -0.0879 e. The summed E-state index contributed by atoms with van der Waals surface area (Å²) in [6, 6.07) is 8.65. The Kier molecular flexibility index (Phi) is 4.00. The summed E-state index contributed by atoms with van der Waals surface area (Å²) in [7, 11) is 0. The summed E-state index contributed by atoms with van der Waals surface area (Å²) in [6.07, 6.45) is 10.8. The van der Waals surface area contributed by atoms with E-state index in [0.29, 0.717) is 5.92 Å². The van der Waals surface area contributed by atoms with Crippen LogP contribution in [0.5, 0.6) is 0 Å². The van der Waals surface area contributed by atoms with E-state index in [4.69, 9.17) is 0 Å². The van der Waals surface area contributed by atoms with Gasteiger partial charge >= 0.3 is 0 Å². The minimum absolute atomic E-state index is 0.601. The molecular weight excluding hydrogens is 260 g/mol. The quantitative estimate of drug-likeness (QED) is 0.661. The third-order valence-electron chi connectivity index (χ3n) is 2.98. The topological polar surface area (TPSA) is 0 Å². The normalized spacial score (nSPS) is 21.1. The molecular formula is C15H17Br. The Hall–Kier alpha value is -0.820. The van der Waals surface area contributed by atoms with Gasteiger partial charge in [0.1, 0.15) is 0 Å². The van der Waals surface area contributed by atoms with Crippen molar-refractivity contribution in [2.75, 3.05) is 0 Å². The van der Waals surface area contributed by atoms with E-state index in [1.54, 1.807) is 0 Å². The van der Waals surface area contributed by atoms with Crippen molar-refractivity contribution in [3.05, 3.63) is 53.6 Å². The van der Waals surface area contributed by atoms with Crippen LogP contribution in [-0.4, -0.2) is 0 Å². The van der Waals surface area contributed by atoms with Crippen LogP contribution < -0.4 is 0 Å². The molecule has 0 fully saturated rings. The SMILES string of the molecule is Cc1ccc(/C(Br)=C/C2C=CCCC2)cc1. The van der Waals surface area contributed by atoms with Gasteiger partial charge < -0.3 is 0 Å². The molecule has 0 saturated heterocycles. The number of benzene rings is 1. The number of aryl methyl sites for hydroxylation is 1. The van der Waals surface area contributed by atoms with Crippen LogP contribution in [0, 0.1) is 12.8 Å². The Labute approximate surface area is 106 Å². The van der Waals surface area contributed by atoms with Crippen molar-refractivity contribution >= 4 is 20.4 Å². The van der Waals surface area contributed by atoms with E-state index in [0.717, 1.165) is 0 Å². The molecule has 0 amide bonds. The van der Waals surface area contributed by atoms with E-state index in [1.165, 1.54) is 34.9 Å². The van der Waals surface area contributed by atoms with E-state index >= 15 is 0 Å². The third kappa shape index (κ3) is 3.08. The molecule has 0 saturated carbocycles. The van der Waals surface area contributed by atoms with Crippen molar-refractivity contribution in [3.8, 4) is 0 Å². The summed E-state index contributed by atoms with van der Waals surface area (Å²) in [5.41, 5.74) is 2.58. The molecule has 0 heterocycles. The fourth-order valence-electron chi connectivity index (χ4n) is 1.97. The highest BCUT2D eigenvalue weighted by molar-refractivity contribution is 9.15. The maximum atomic E-state index is 3.67. The zero-order chi connectivity index (χ0) is 11.4. The molecule has 0 bridgehead atoms. The van der Waals surface area contributed by atoms with Gasteiger partial charge in [0.05, 0.1) is 0 Å². The number of hydrogen-bond donors (Lipinski definition) is 0. The molecule has 0 radical (unpaired) electrons. The van der Waals surface area contributed by atoms with Crippen LogP contribution in [0.25, 0.3) is 4.48 Å². The average molecular weight is 277 g/mol. The first-order valence-electron chi connectivity index (χ1n) is 5.87. The van der Waals surface area contributed by atoms with Crippen LogP contribution in [0.2, 0.25) is 0 Å². The van der Waals surface area contributed by atoms with Gasteiger partial charge in [0.15, 0.2) is 0 Å². The van der Waals surface area contributed by atoms with Crippen LogP contribution in [0.3, 0.4) is 0 Å². The molecule has 84 valence electrons. The van der Waals surface area contributed by atoms with Crippen LogP contribution in [0.15, 0.2) is 42.5 Å². The van der Waals surface area contributed by atoms with Gasteiger partial charge in [-0.15, -0.1) is 0 Å². The highest BCUT2D eigenvalue weighted by Gasteiger charge is 2.06. The third-order valence-corrected chi connectivity index (χ3v) is 3.70. The number of hydrogen-bond acceptors (Lipinski definition) is 0. The van der Waals surface area contributed by atoms with E-state index in [2.05, 4.69) is 65.3 Å². The lowest BCUT2D eigenvalue weighted by molar-refractivity contribution is 0.632. The highest BCUT2D eigenvalue weighted by Crippen LogP contribution is 2.27. The van der Waals surface area contributed by atoms with E-state index in [1.807, 2.05) is 0 Å². The lowest BCUT2D eigenvalue weighted by atomic mass is 9.95. The Morgan fingerprint density at radius 1 is 1.31 bits per heavy atom. The smallest absolute Gasteiger partial charge is 0.0213 e. The molecule has 1 aliphatic rings. The molecule has 1 aromatic carbocycles. The van der Waals surface area contributed by atoms with Gasteiger partial charge in [-0.1, -0.05) is 64.0 Å². The Bertz CT molecular complexity index is 398. The Morgan fingerprint density at radius 2 is 2.06 bits per heavy atom. The predicted molar refractivity (Wildman–Crippen MR) is 74.6 cm³/mol. The van der Waals surface area contributed by atoms with Crippen molar-refractivity contribution in [3.63, 3.8) is 0 Å². The number of allylic oxidation sites excluding steroid dienone is 3. The number of halogens is 1. The monoisotopic (exact) mass is 276 g/mol. The Morgan fingerprint density at radius 3 is 2.69 bits per heavy atom. The first-order chi connectivity index (χ1) is 7.75. The van der Waals surface area contributed by atoms with Gasteiger partial charge in [0, 0.05) is 4.48 Å². The van der Waals surface area contributed by atoms with Crippen molar-refractivity contribution in [2.24, 2.45) is 5.92 Å². The minimum atomic E-state index is 0.601. The van der Waals surface area contributed by atoms with E-state index in [9.17, 15) is 0 Å². The second-order valence-electron chi connectivity index (χ2n) is 4.40. The largest absolute Gasteiger partial charge is 0.0879 e. The van der Waals surface area contributed by atoms with E-state index < -0.39 is 0 Å². The standard InChI is InChI=1S/C15H17Br/c1-12-7-9-14(10-8-12)15(16)11-13-5-3-2-4-6-13/h3,5,7-11,13H,2,4,6H2,1H3/b15-11-. The van der Waals surface area contributed by atoms with Crippen LogP contribution in [0.4, 0.5) is 0 Å². The molecule has 16 heavy (non-hydrogen) atoms. The van der Waals surface area contributed by atoms with Gasteiger partial charge in [0.2, 0.25) is 0 Å². The Balaban J connectivity index is 2.14. The van der Waals surface area contributed by atoms with Crippen LogP contribution in [0.1, 0.15) is 30.4 Å². The predicted octanol–water partition coefficient (Wildman–Crippen LogP) is 5.09. The summed E-state index contributed by atoms with van der Waals surface area (Å²) in [6.45, 7) is 2.12. The van der Waals surface area contributed by atoms with Gasteiger partial charge in [-0.05, 0) is 37.7 Å². The average Bonchev–Trinajstić information content (AvgIpc) is 2.31. The van der Waals surface area contributed by atoms with Crippen LogP contribution >= 0.6 is 15.9 Å². The summed E-state index contributed by atoms with van der Waals surface area (Å²) < 4.78 is 1.21. The fourth-order valence-corrected chi connectivity index (χ4v) is 2.58. The molecule has 0 aliphatic heterocycles. The summed E-state index contributed by atoms with van der Waals surface area (Å²) in [4.78, 5) is 0. The molecule has 1 unspecified atom stereocenters. The highest BCUT2D eigenvalue weighted by atomic mass is 79.9. The van der Waals surface area contributed by atoms with Gasteiger partial charge in [-0.3, -0.25) is 0 Å². The molecule has 0 N–H and O–H groups in total. The van der Waals surface area contributed by atoms with Crippen LogP contribution in [-0.2, 0) is 0 Å². The molecule has 2 rings (SSSR count). The zero-order valence-electron chi connectivity index (χ0n) is 9.62. The number of rotatable bonds is 2. The summed E-state index contributed by atoms with van der Waals surface area (Å²) >= 11 is 3.67. The van der Waals surface area contributed by atoms with Crippen molar-refractivity contribution < 1.29 is 0 Å². The van der Waals surface area contributed by atoms with E-state index in [-0.39, 0.29) is 0 Å². The second-order valence-corrected chi connectivity index (χ2v) is 5.26. The second kappa shape index (κ2) is 5.49. The van der Waals surface area contributed by atoms with Crippen molar-refractivity contribution in [2.45, 2.75) is 26.2 Å². The first-order valence-corrected chi connectivity index (χ1v) is 6.66. The van der Waals surface area contributed by atoms with Crippen molar-refractivity contribution in [1.29, 1.82) is 0 Å². The van der Waals surface area contributed by atoms with Crippen molar-refractivity contribution in [1.82, 2.24) is 0 Å². The lowest BCUT2D eigenvalue weighted by Gasteiger charge is -2.12. The fraction of sp³-hybridized carbons (Fsp3) is 0.333. The lowest BCUT2D eigenvalue weighted by Crippen LogP contribution is -1.97. The molecule has 0 nitrogen and oxygen atoms in total. The molecule has 1 aliphatic carbocycles.